The van der Waals surface area contributed by atoms with Crippen molar-refractivity contribution in [3.05, 3.63) is 114 Å². The first-order valence-electron chi connectivity index (χ1n) is 14.1. The molecule has 0 aliphatic carbocycles. The molecular weight excluding hydrogens is 574 g/mol. The Morgan fingerprint density at radius 2 is 1.43 bits per heavy atom. The predicted molar refractivity (Wildman–Crippen MR) is 177 cm³/mol. The normalized spacial score (nSPS) is 12.1. The topological polar surface area (TPSA) is 109 Å². The van der Waals surface area contributed by atoms with Crippen LogP contribution in [0.2, 0.25) is 0 Å². The minimum atomic E-state index is -3.81. The van der Waals surface area contributed by atoms with Gasteiger partial charge in [0.25, 0.3) is 10.0 Å². The van der Waals surface area contributed by atoms with Gasteiger partial charge in [0, 0.05) is 49.2 Å². The average Bonchev–Trinajstić information content (AvgIpc) is 3.35. The van der Waals surface area contributed by atoms with Crippen molar-refractivity contribution >= 4 is 49.6 Å². The predicted octanol–water partition coefficient (Wildman–Crippen LogP) is 5.78. The summed E-state index contributed by atoms with van der Waals surface area (Å²) in [4.78, 5) is 24.3. The van der Waals surface area contributed by atoms with Gasteiger partial charge in [0.15, 0.2) is 5.88 Å². The molecule has 5 rings (SSSR count). The first-order valence-corrected chi connectivity index (χ1v) is 15.6. The van der Waals surface area contributed by atoms with Gasteiger partial charge in [-0.15, -0.1) is 0 Å². The van der Waals surface area contributed by atoms with E-state index in [1.165, 1.54) is 11.4 Å². The van der Waals surface area contributed by atoms with Gasteiger partial charge in [-0.2, -0.15) is 0 Å². The van der Waals surface area contributed by atoms with Gasteiger partial charge in [0.05, 0.1) is 27.5 Å². The number of rotatable bonds is 10. The number of nitrogens with zero attached hydrogens (tertiary/aromatic N) is 4. The van der Waals surface area contributed by atoms with E-state index < -0.39 is 10.0 Å². The zero-order chi connectivity index (χ0) is 31.4. The van der Waals surface area contributed by atoms with Crippen molar-refractivity contribution in [2.75, 3.05) is 43.4 Å². The maximum absolute atomic E-state index is 13.4. The number of hydrogen-bond acceptors (Lipinski definition) is 6. The lowest BCUT2D eigenvalue weighted by Gasteiger charge is -2.23. The molecule has 0 unspecified atom stereocenters. The van der Waals surface area contributed by atoms with Crippen LogP contribution in [-0.4, -0.2) is 69.3 Å². The number of benzene rings is 4. The van der Waals surface area contributed by atoms with Gasteiger partial charge in [-0.1, -0.05) is 48.5 Å². The summed E-state index contributed by atoms with van der Waals surface area (Å²) in [7, 11) is 1.62. The van der Waals surface area contributed by atoms with Crippen molar-refractivity contribution in [2.45, 2.75) is 11.8 Å². The molecule has 2 N–H and O–H groups in total. The minimum absolute atomic E-state index is 0.0492. The van der Waals surface area contributed by atoms with Crippen LogP contribution >= 0.6 is 0 Å². The second kappa shape index (κ2) is 12.7. The van der Waals surface area contributed by atoms with E-state index in [2.05, 4.69) is 4.98 Å². The Hall–Kier alpha value is -4.93. The first-order chi connectivity index (χ1) is 21.1. The number of likely N-dealkylation sites (N-methyl/N-ethyl adjacent to an activating group) is 1. The van der Waals surface area contributed by atoms with E-state index in [4.69, 9.17) is 4.99 Å². The Bertz CT molecular complexity index is 1900. The molecule has 0 saturated heterocycles. The first kappa shape index (κ1) is 30.5. The molecule has 0 radical (unpaired) electrons. The van der Waals surface area contributed by atoms with Crippen LogP contribution in [0.4, 0.5) is 17.1 Å². The molecule has 0 aliphatic rings. The zero-order valence-corrected chi connectivity index (χ0v) is 25.9. The molecule has 1 heterocycles. The van der Waals surface area contributed by atoms with Crippen LogP contribution in [0.15, 0.2) is 113 Å². The fourth-order valence-corrected chi connectivity index (χ4v) is 6.16. The molecule has 0 fully saturated rings. The highest BCUT2D eigenvalue weighted by atomic mass is 32.2. The van der Waals surface area contributed by atoms with Crippen molar-refractivity contribution in [1.82, 2.24) is 9.88 Å². The number of aromatic nitrogens is 1. The summed E-state index contributed by atoms with van der Waals surface area (Å²) in [5, 5.41) is 11.8. The number of anilines is 2. The molecule has 1 amide bonds. The highest BCUT2D eigenvalue weighted by molar-refractivity contribution is 7.92. The van der Waals surface area contributed by atoms with Crippen LogP contribution in [0, 0.1) is 0 Å². The number of aliphatic imine (C=N–C) groups is 1. The van der Waals surface area contributed by atoms with Crippen molar-refractivity contribution < 1.29 is 18.3 Å². The Morgan fingerprint density at radius 1 is 0.818 bits per heavy atom. The minimum Gasteiger partial charge on any atom is -0.494 e. The summed E-state index contributed by atoms with van der Waals surface area (Å²) < 4.78 is 28.0. The van der Waals surface area contributed by atoms with Gasteiger partial charge >= 0.3 is 0 Å². The Morgan fingerprint density at radius 3 is 2.05 bits per heavy atom. The number of amides is 1. The van der Waals surface area contributed by atoms with Gasteiger partial charge < -0.3 is 19.9 Å². The molecule has 0 saturated carbocycles. The van der Waals surface area contributed by atoms with E-state index in [1.807, 2.05) is 73.6 Å². The second-order valence-corrected chi connectivity index (χ2v) is 12.7. The number of nitrogens with one attached hydrogen (secondary N) is 1. The largest absolute Gasteiger partial charge is 0.494 e. The fourth-order valence-electron chi connectivity index (χ4n) is 4.96. The van der Waals surface area contributed by atoms with Crippen LogP contribution in [0.5, 0.6) is 5.88 Å². The summed E-state index contributed by atoms with van der Waals surface area (Å²) in [6.07, 6.45) is 0. The molecule has 9 nitrogen and oxygen atoms in total. The number of aromatic amines is 1. The van der Waals surface area contributed by atoms with Gasteiger partial charge in [-0.05, 0) is 68.7 Å². The molecule has 0 aliphatic heterocycles. The second-order valence-electron chi connectivity index (χ2n) is 10.7. The maximum atomic E-state index is 13.4. The highest BCUT2D eigenvalue weighted by Crippen LogP contribution is 2.35. The molecule has 5 aromatic rings. The van der Waals surface area contributed by atoms with Crippen molar-refractivity contribution in [1.29, 1.82) is 0 Å². The van der Waals surface area contributed by atoms with Crippen molar-refractivity contribution in [3.63, 3.8) is 0 Å². The number of carbonyl (C=O) groups excluding carboxylic acids is 1. The van der Waals surface area contributed by atoms with Gasteiger partial charge in [-0.25, -0.2) is 13.4 Å². The number of sulfonamides is 1. The third kappa shape index (κ3) is 6.36. The number of hydrogen-bond donors (Lipinski definition) is 2. The lowest BCUT2D eigenvalue weighted by molar-refractivity contribution is -0.116. The van der Waals surface area contributed by atoms with E-state index in [-0.39, 0.29) is 16.7 Å². The Balaban J connectivity index is 1.59. The summed E-state index contributed by atoms with van der Waals surface area (Å²) in [6, 6.07) is 30.3. The van der Waals surface area contributed by atoms with Crippen LogP contribution in [-0.2, 0) is 14.8 Å². The van der Waals surface area contributed by atoms with E-state index in [0.717, 1.165) is 17.8 Å². The molecule has 1 aromatic heterocycles. The lowest BCUT2D eigenvalue weighted by Crippen LogP contribution is -2.35. The van der Waals surface area contributed by atoms with Gasteiger partial charge in [0.2, 0.25) is 5.91 Å². The van der Waals surface area contributed by atoms with Gasteiger partial charge in [-0.3, -0.25) is 9.10 Å². The number of fused-ring (bicyclic) bond motifs is 1. The maximum Gasteiger partial charge on any atom is 0.264 e. The quantitative estimate of drug-likeness (QED) is 0.195. The molecule has 0 spiro atoms. The van der Waals surface area contributed by atoms with Crippen LogP contribution in [0.25, 0.3) is 10.9 Å². The summed E-state index contributed by atoms with van der Waals surface area (Å²) >= 11 is 0. The third-order valence-corrected chi connectivity index (χ3v) is 9.16. The number of aromatic hydroxyl groups is 1. The average molecular weight is 610 g/mol. The molecule has 44 heavy (non-hydrogen) atoms. The molecule has 226 valence electrons. The summed E-state index contributed by atoms with van der Waals surface area (Å²) in [5.41, 5.74) is 4.16. The third-order valence-electron chi connectivity index (χ3n) is 7.36. The van der Waals surface area contributed by atoms with E-state index in [1.54, 1.807) is 60.4 Å². The monoisotopic (exact) mass is 609 g/mol. The SMILES string of the molecule is CC(=O)N(CCN(C)C)c1ccc(N=C(c2ccccc2)c2c(O)[nH]c3ccc(N(C)S(=O)(=O)c4ccccc4)cc23)cc1. The Kier molecular flexibility index (Phi) is 8.84. The highest BCUT2D eigenvalue weighted by Gasteiger charge is 2.24. The smallest absolute Gasteiger partial charge is 0.264 e. The van der Waals surface area contributed by atoms with E-state index >= 15 is 0 Å². The van der Waals surface area contributed by atoms with E-state index in [0.29, 0.717) is 40.1 Å². The van der Waals surface area contributed by atoms with Crippen LogP contribution in [0.1, 0.15) is 18.1 Å². The van der Waals surface area contributed by atoms with Gasteiger partial charge in [0.1, 0.15) is 0 Å². The number of carbonyl (C=O) groups is 1. The van der Waals surface area contributed by atoms with Crippen LogP contribution in [0.3, 0.4) is 0 Å². The molecule has 10 heteroatoms. The lowest BCUT2D eigenvalue weighted by atomic mass is 10.0. The summed E-state index contributed by atoms with van der Waals surface area (Å²) in [5.74, 6) is -0.136. The molecule has 0 bridgehead atoms. The Labute approximate surface area is 257 Å². The number of H-pyrrole nitrogens is 1. The molecule has 0 atom stereocenters. The molecule has 4 aromatic carbocycles. The summed E-state index contributed by atoms with van der Waals surface area (Å²) in [6.45, 7) is 2.83. The fraction of sp³-hybridized carbons (Fsp3) is 0.176. The molecular formula is C34H35N5O4S. The van der Waals surface area contributed by atoms with E-state index in [9.17, 15) is 18.3 Å². The standard InChI is InChI=1S/C34H35N5O4S/c1-24(40)39(22-21-37(2)3)27-17-15-26(16-18-27)35-33(25-11-7-5-8-12-25)32-30-23-28(19-20-31(30)36-34(32)41)38(4)44(42,43)29-13-9-6-10-14-29/h5-20,23,36,41H,21-22H2,1-4H3. The van der Waals surface area contributed by atoms with Crippen molar-refractivity contribution in [3.8, 4) is 5.88 Å². The van der Waals surface area contributed by atoms with Crippen LogP contribution < -0.4 is 9.21 Å². The van der Waals surface area contributed by atoms with Crippen molar-refractivity contribution in [2.24, 2.45) is 4.99 Å². The zero-order valence-electron chi connectivity index (χ0n) is 25.1.